The molecule has 1 aromatic carbocycles. The standard InChI is InChI=1S/C16H19NO3/c1-16(6-7-19-10-16)15(18)17-9-11-8-13(17)12-4-2-3-5-14(12)20-11/h2-5,11,13H,6-10H2,1H3/t11-,13-,16+/m0/s1. The number of nitrogens with zero attached hydrogens (tertiary/aromatic N) is 1. The van der Waals surface area contributed by atoms with Crippen molar-refractivity contribution < 1.29 is 14.3 Å². The summed E-state index contributed by atoms with van der Waals surface area (Å²) in [6.45, 7) is 3.96. The lowest BCUT2D eigenvalue weighted by Crippen LogP contribution is -2.42. The van der Waals surface area contributed by atoms with Crippen LogP contribution in [-0.2, 0) is 9.53 Å². The molecule has 2 bridgehead atoms. The molecule has 0 aromatic heterocycles. The molecule has 0 N–H and O–H groups in total. The number of para-hydroxylation sites is 1. The summed E-state index contributed by atoms with van der Waals surface area (Å²) in [6, 6.07) is 8.26. The third kappa shape index (κ3) is 1.67. The van der Waals surface area contributed by atoms with E-state index in [0.29, 0.717) is 19.8 Å². The summed E-state index contributed by atoms with van der Waals surface area (Å²) in [4.78, 5) is 14.9. The Morgan fingerprint density at radius 1 is 1.40 bits per heavy atom. The van der Waals surface area contributed by atoms with Gasteiger partial charge < -0.3 is 14.4 Å². The van der Waals surface area contributed by atoms with Crippen LogP contribution in [0.4, 0.5) is 0 Å². The summed E-state index contributed by atoms with van der Waals surface area (Å²) in [5.41, 5.74) is 0.795. The second-order valence-electron chi connectivity index (χ2n) is 6.35. The lowest BCUT2D eigenvalue weighted by Gasteiger charge is -2.32. The van der Waals surface area contributed by atoms with Crippen LogP contribution >= 0.6 is 0 Å². The van der Waals surface area contributed by atoms with E-state index in [0.717, 1.165) is 24.2 Å². The van der Waals surface area contributed by atoms with Crippen LogP contribution in [0.15, 0.2) is 24.3 Å². The molecule has 106 valence electrons. The van der Waals surface area contributed by atoms with Crippen molar-refractivity contribution in [3.05, 3.63) is 29.8 Å². The third-order valence-corrected chi connectivity index (χ3v) is 4.83. The molecule has 3 aliphatic heterocycles. The average Bonchev–Trinajstić information content (AvgIpc) is 3.04. The zero-order valence-electron chi connectivity index (χ0n) is 11.7. The van der Waals surface area contributed by atoms with E-state index in [1.165, 1.54) is 0 Å². The minimum atomic E-state index is -0.355. The number of benzene rings is 1. The number of fused-ring (bicyclic) bond motifs is 4. The molecule has 0 aliphatic carbocycles. The van der Waals surface area contributed by atoms with Gasteiger partial charge in [-0.15, -0.1) is 0 Å². The first-order chi connectivity index (χ1) is 9.67. The second kappa shape index (κ2) is 4.22. The molecule has 3 aliphatic rings. The van der Waals surface area contributed by atoms with Gasteiger partial charge in [0.25, 0.3) is 0 Å². The smallest absolute Gasteiger partial charge is 0.231 e. The van der Waals surface area contributed by atoms with Gasteiger partial charge in [-0.3, -0.25) is 4.79 Å². The molecule has 0 saturated carbocycles. The number of carbonyl (C=O) groups is 1. The minimum Gasteiger partial charge on any atom is -0.488 e. The SMILES string of the molecule is C[C@@]1(C(=O)N2C[C@@H]3C[C@H]2c2ccccc2O3)CCOC1. The van der Waals surface area contributed by atoms with E-state index in [2.05, 4.69) is 6.07 Å². The normalized spacial score (nSPS) is 34.8. The molecule has 1 aromatic rings. The first kappa shape index (κ1) is 12.2. The van der Waals surface area contributed by atoms with Gasteiger partial charge in [-0.1, -0.05) is 18.2 Å². The molecule has 4 rings (SSSR count). The first-order valence-corrected chi connectivity index (χ1v) is 7.32. The Morgan fingerprint density at radius 2 is 2.25 bits per heavy atom. The highest BCUT2D eigenvalue weighted by Gasteiger charge is 2.48. The fourth-order valence-electron chi connectivity index (χ4n) is 3.63. The van der Waals surface area contributed by atoms with E-state index >= 15 is 0 Å². The average molecular weight is 273 g/mol. The topological polar surface area (TPSA) is 38.8 Å². The number of carbonyl (C=O) groups excluding carboxylic acids is 1. The summed E-state index contributed by atoms with van der Waals surface area (Å²) in [7, 11) is 0. The Labute approximate surface area is 118 Å². The van der Waals surface area contributed by atoms with E-state index in [1.807, 2.05) is 30.0 Å². The maximum atomic E-state index is 12.9. The van der Waals surface area contributed by atoms with Crippen molar-refractivity contribution in [3.8, 4) is 5.75 Å². The van der Waals surface area contributed by atoms with E-state index in [1.54, 1.807) is 0 Å². The Morgan fingerprint density at radius 3 is 3.05 bits per heavy atom. The van der Waals surface area contributed by atoms with Gasteiger partial charge in [0.1, 0.15) is 11.9 Å². The third-order valence-electron chi connectivity index (χ3n) is 4.83. The molecule has 4 heteroatoms. The molecule has 0 radical (unpaired) electrons. The molecule has 2 saturated heterocycles. The lowest BCUT2D eigenvalue weighted by molar-refractivity contribution is -0.142. The summed E-state index contributed by atoms with van der Waals surface area (Å²) < 4.78 is 11.4. The molecular formula is C16H19NO3. The monoisotopic (exact) mass is 273 g/mol. The van der Waals surface area contributed by atoms with E-state index in [9.17, 15) is 4.79 Å². The quantitative estimate of drug-likeness (QED) is 0.787. The zero-order valence-corrected chi connectivity index (χ0v) is 11.7. The predicted octanol–water partition coefficient (Wildman–Crippen LogP) is 2.15. The van der Waals surface area contributed by atoms with Crippen molar-refractivity contribution in [1.29, 1.82) is 0 Å². The fraction of sp³-hybridized carbons (Fsp3) is 0.562. The highest BCUT2D eigenvalue weighted by atomic mass is 16.5. The molecule has 0 unspecified atom stereocenters. The summed E-state index contributed by atoms with van der Waals surface area (Å²) in [6.07, 6.45) is 1.88. The van der Waals surface area contributed by atoms with Gasteiger partial charge in [-0.25, -0.2) is 0 Å². The molecule has 3 heterocycles. The van der Waals surface area contributed by atoms with E-state index in [-0.39, 0.29) is 23.5 Å². The lowest BCUT2D eigenvalue weighted by atomic mass is 9.87. The van der Waals surface area contributed by atoms with Crippen LogP contribution in [0.3, 0.4) is 0 Å². The number of amides is 1. The van der Waals surface area contributed by atoms with Crippen molar-refractivity contribution in [2.45, 2.75) is 31.9 Å². The summed E-state index contributed by atoms with van der Waals surface area (Å²) in [5, 5.41) is 0. The number of hydrogen-bond donors (Lipinski definition) is 0. The van der Waals surface area contributed by atoms with E-state index < -0.39 is 0 Å². The maximum Gasteiger partial charge on any atom is 0.231 e. The molecule has 20 heavy (non-hydrogen) atoms. The van der Waals surface area contributed by atoms with Gasteiger partial charge in [0.05, 0.1) is 24.6 Å². The van der Waals surface area contributed by atoms with Crippen LogP contribution in [0.25, 0.3) is 0 Å². The van der Waals surface area contributed by atoms with Crippen LogP contribution in [0, 0.1) is 5.41 Å². The summed E-state index contributed by atoms with van der Waals surface area (Å²) >= 11 is 0. The Bertz CT molecular complexity index is 550. The molecule has 4 nitrogen and oxygen atoms in total. The fourth-order valence-corrected chi connectivity index (χ4v) is 3.63. The van der Waals surface area contributed by atoms with Crippen molar-refractivity contribution in [1.82, 2.24) is 4.90 Å². The van der Waals surface area contributed by atoms with Crippen molar-refractivity contribution in [2.24, 2.45) is 5.41 Å². The number of ether oxygens (including phenoxy) is 2. The van der Waals surface area contributed by atoms with Crippen molar-refractivity contribution >= 4 is 5.91 Å². The highest BCUT2D eigenvalue weighted by Crippen LogP contribution is 2.45. The molecule has 3 atom stereocenters. The van der Waals surface area contributed by atoms with Crippen molar-refractivity contribution in [2.75, 3.05) is 19.8 Å². The van der Waals surface area contributed by atoms with Gasteiger partial charge in [0.15, 0.2) is 0 Å². The molecule has 1 amide bonds. The molecular weight excluding hydrogens is 254 g/mol. The first-order valence-electron chi connectivity index (χ1n) is 7.32. The van der Waals surface area contributed by atoms with Gasteiger partial charge in [0, 0.05) is 18.6 Å². The minimum absolute atomic E-state index is 0.143. The van der Waals surface area contributed by atoms with Crippen LogP contribution in [-0.4, -0.2) is 36.7 Å². The number of hydrogen-bond acceptors (Lipinski definition) is 3. The Hall–Kier alpha value is -1.55. The van der Waals surface area contributed by atoms with E-state index in [4.69, 9.17) is 9.47 Å². The zero-order chi connectivity index (χ0) is 13.7. The van der Waals surface area contributed by atoms with Crippen LogP contribution in [0.1, 0.15) is 31.4 Å². The van der Waals surface area contributed by atoms with Gasteiger partial charge >= 0.3 is 0 Å². The Balaban J connectivity index is 1.67. The molecule has 0 spiro atoms. The van der Waals surface area contributed by atoms with Gasteiger partial charge in [-0.05, 0) is 19.4 Å². The van der Waals surface area contributed by atoms with Crippen LogP contribution in [0.2, 0.25) is 0 Å². The number of rotatable bonds is 1. The maximum absolute atomic E-state index is 12.9. The number of likely N-dealkylation sites (tertiary alicyclic amines) is 1. The molecule has 2 fully saturated rings. The van der Waals surface area contributed by atoms with Crippen molar-refractivity contribution in [3.63, 3.8) is 0 Å². The highest BCUT2D eigenvalue weighted by molar-refractivity contribution is 5.84. The van der Waals surface area contributed by atoms with Gasteiger partial charge in [0.2, 0.25) is 5.91 Å². The summed E-state index contributed by atoms with van der Waals surface area (Å²) in [5.74, 6) is 1.17. The van der Waals surface area contributed by atoms with Crippen LogP contribution in [0.5, 0.6) is 5.75 Å². The second-order valence-corrected chi connectivity index (χ2v) is 6.35. The van der Waals surface area contributed by atoms with Crippen LogP contribution < -0.4 is 4.74 Å². The Kier molecular flexibility index (Phi) is 2.58. The predicted molar refractivity (Wildman–Crippen MR) is 73.5 cm³/mol. The van der Waals surface area contributed by atoms with Gasteiger partial charge in [-0.2, -0.15) is 0 Å². The largest absolute Gasteiger partial charge is 0.488 e.